The van der Waals surface area contributed by atoms with Gasteiger partial charge in [-0.3, -0.25) is 5.43 Å². The Morgan fingerprint density at radius 3 is 2.33 bits per heavy atom. The molecule has 0 amide bonds. The highest BCUT2D eigenvalue weighted by atomic mass is 79.9. The lowest BCUT2D eigenvalue weighted by atomic mass is 10.2. The van der Waals surface area contributed by atoms with E-state index in [1.807, 2.05) is 78.9 Å². The van der Waals surface area contributed by atoms with Crippen LogP contribution in [0.5, 0.6) is 5.75 Å². The summed E-state index contributed by atoms with van der Waals surface area (Å²) in [7, 11) is 0. The summed E-state index contributed by atoms with van der Waals surface area (Å²) in [5, 5.41) is 4.24. The highest BCUT2D eigenvalue weighted by molar-refractivity contribution is 9.10. The molecule has 0 saturated heterocycles. The molecule has 24 heavy (non-hydrogen) atoms. The van der Waals surface area contributed by atoms with E-state index < -0.39 is 0 Å². The third-order valence-electron chi connectivity index (χ3n) is 3.37. The van der Waals surface area contributed by atoms with E-state index in [0.29, 0.717) is 6.61 Å². The van der Waals surface area contributed by atoms with Gasteiger partial charge in [0.25, 0.3) is 0 Å². The van der Waals surface area contributed by atoms with Crippen molar-refractivity contribution in [1.82, 2.24) is 0 Å². The van der Waals surface area contributed by atoms with E-state index in [-0.39, 0.29) is 0 Å². The Balaban J connectivity index is 1.60. The lowest BCUT2D eigenvalue weighted by Gasteiger charge is -2.08. The maximum absolute atomic E-state index is 5.84. The number of hydrazone groups is 1. The SMILES string of the molecule is Brc1cc(C=NNc2ccccc2)ccc1OCc1ccccc1. The molecule has 0 aliphatic carbocycles. The molecule has 0 fully saturated rings. The van der Waals surface area contributed by atoms with Crippen LogP contribution in [0.15, 0.2) is 88.4 Å². The van der Waals surface area contributed by atoms with Gasteiger partial charge in [-0.05, 0) is 57.4 Å². The number of para-hydroxylation sites is 1. The number of hydrogen-bond donors (Lipinski definition) is 1. The summed E-state index contributed by atoms with van der Waals surface area (Å²) in [6, 6.07) is 25.8. The first-order chi connectivity index (χ1) is 11.8. The van der Waals surface area contributed by atoms with E-state index >= 15 is 0 Å². The van der Waals surface area contributed by atoms with E-state index in [0.717, 1.165) is 27.0 Å². The number of rotatable bonds is 6. The number of anilines is 1. The molecule has 3 nitrogen and oxygen atoms in total. The Bertz CT molecular complexity index is 804. The smallest absolute Gasteiger partial charge is 0.134 e. The van der Waals surface area contributed by atoms with Crippen LogP contribution in [0, 0.1) is 0 Å². The minimum atomic E-state index is 0.544. The van der Waals surface area contributed by atoms with Gasteiger partial charge >= 0.3 is 0 Å². The maximum atomic E-state index is 5.84. The molecular weight excluding hydrogens is 364 g/mol. The van der Waals surface area contributed by atoms with Gasteiger partial charge in [-0.2, -0.15) is 5.10 Å². The van der Waals surface area contributed by atoms with E-state index in [9.17, 15) is 0 Å². The van der Waals surface area contributed by atoms with Crippen molar-refractivity contribution in [1.29, 1.82) is 0 Å². The number of hydrogen-bond acceptors (Lipinski definition) is 3. The second-order valence-electron chi connectivity index (χ2n) is 5.20. The predicted molar refractivity (Wildman–Crippen MR) is 103 cm³/mol. The van der Waals surface area contributed by atoms with Gasteiger partial charge in [0.2, 0.25) is 0 Å². The number of nitrogens with zero attached hydrogens (tertiary/aromatic N) is 1. The van der Waals surface area contributed by atoms with Crippen LogP contribution >= 0.6 is 15.9 Å². The van der Waals surface area contributed by atoms with Crippen molar-refractivity contribution in [3.8, 4) is 5.75 Å². The molecule has 3 rings (SSSR count). The van der Waals surface area contributed by atoms with Crippen LogP contribution in [0.4, 0.5) is 5.69 Å². The second kappa shape index (κ2) is 8.31. The van der Waals surface area contributed by atoms with Crippen molar-refractivity contribution < 1.29 is 4.74 Å². The highest BCUT2D eigenvalue weighted by Gasteiger charge is 2.02. The molecule has 0 aliphatic heterocycles. The fraction of sp³-hybridized carbons (Fsp3) is 0.0500. The lowest BCUT2D eigenvalue weighted by Crippen LogP contribution is -1.96. The molecule has 0 aliphatic rings. The molecule has 1 N–H and O–H groups in total. The van der Waals surface area contributed by atoms with E-state index in [1.165, 1.54) is 0 Å². The Kier molecular flexibility index (Phi) is 5.64. The topological polar surface area (TPSA) is 33.6 Å². The molecule has 3 aromatic carbocycles. The molecule has 4 heteroatoms. The summed E-state index contributed by atoms with van der Waals surface area (Å²) in [5.74, 6) is 0.812. The van der Waals surface area contributed by atoms with Crippen LogP contribution < -0.4 is 10.2 Å². The van der Waals surface area contributed by atoms with E-state index in [2.05, 4.69) is 26.5 Å². The van der Waals surface area contributed by atoms with Crippen LogP contribution in [0.1, 0.15) is 11.1 Å². The minimum Gasteiger partial charge on any atom is -0.488 e. The first kappa shape index (κ1) is 16.3. The van der Waals surface area contributed by atoms with Crippen LogP contribution in [0.2, 0.25) is 0 Å². The molecule has 0 bridgehead atoms. The van der Waals surface area contributed by atoms with Crippen molar-refractivity contribution in [2.45, 2.75) is 6.61 Å². The zero-order chi connectivity index (χ0) is 16.6. The quantitative estimate of drug-likeness (QED) is 0.454. The van der Waals surface area contributed by atoms with Crippen LogP contribution in [-0.2, 0) is 6.61 Å². The van der Waals surface area contributed by atoms with Crippen molar-refractivity contribution in [3.05, 3.63) is 94.5 Å². The second-order valence-corrected chi connectivity index (χ2v) is 6.05. The van der Waals surface area contributed by atoms with Crippen molar-refractivity contribution >= 4 is 27.8 Å². The summed E-state index contributed by atoms with van der Waals surface area (Å²) in [5.41, 5.74) is 6.08. The standard InChI is InChI=1S/C20H17BrN2O/c21-19-13-17(14-22-23-18-9-5-2-6-10-18)11-12-20(19)24-15-16-7-3-1-4-8-16/h1-14,23H,15H2. The third kappa shape index (κ3) is 4.70. The van der Waals surface area contributed by atoms with Crippen molar-refractivity contribution in [2.24, 2.45) is 5.10 Å². The summed E-state index contributed by atoms with van der Waals surface area (Å²) < 4.78 is 6.75. The van der Waals surface area contributed by atoms with Crippen LogP contribution in [-0.4, -0.2) is 6.21 Å². The average Bonchev–Trinajstić information content (AvgIpc) is 2.63. The Labute approximate surface area is 150 Å². The third-order valence-corrected chi connectivity index (χ3v) is 3.99. The van der Waals surface area contributed by atoms with Crippen molar-refractivity contribution in [3.63, 3.8) is 0 Å². The predicted octanol–water partition coefficient (Wildman–Crippen LogP) is 5.47. The summed E-state index contributed by atoms with van der Waals surface area (Å²) in [6.07, 6.45) is 1.78. The normalized spacial score (nSPS) is 10.7. The first-order valence-corrected chi connectivity index (χ1v) is 8.41. The molecule has 0 atom stereocenters. The monoisotopic (exact) mass is 380 g/mol. The van der Waals surface area contributed by atoms with Gasteiger partial charge in [-0.15, -0.1) is 0 Å². The zero-order valence-electron chi connectivity index (χ0n) is 13.0. The van der Waals surface area contributed by atoms with Crippen LogP contribution in [0.25, 0.3) is 0 Å². The minimum absolute atomic E-state index is 0.544. The highest BCUT2D eigenvalue weighted by Crippen LogP contribution is 2.26. The van der Waals surface area contributed by atoms with E-state index in [1.54, 1.807) is 6.21 Å². The molecule has 120 valence electrons. The molecule has 0 saturated carbocycles. The van der Waals surface area contributed by atoms with Gasteiger partial charge in [-0.1, -0.05) is 48.5 Å². The number of halogens is 1. The summed E-state index contributed by atoms with van der Waals surface area (Å²) in [4.78, 5) is 0. The molecule has 0 aromatic heterocycles. The Morgan fingerprint density at radius 2 is 1.62 bits per heavy atom. The van der Waals surface area contributed by atoms with Gasteiger partial charge in [0, 0.05) is 0 Å². The molecule has 0 unspecified atom stereocenters. The zero-order valence-corrected chi connectivity index (χ0v) is 14.6. The number of nitrogens with one attached hydrogen (secondary N) is 1. The summed E-state index contributed by atoms with van der Waals surface area (Å²) in [6.45, 7) is 0.544. The number of ether oxygens (including phenoxy) is 1. The molecule has 0 heterocycles. The van der Waals surface area contributed by atoms with Crippen LogP contribution in [0.3, 0.4) is 0 Å². The largest absolute Gasteiger partial charge is 0.488 e. The van der Waals surface area contributed by atoms with Gasteiger partial charge in [0.15, 0.2) is 0 Å². The Morgan fingerprint density at radius 1 is 0.917 bits per heavy atom. The van der Waals surface area contributed by atoms with Gasteiger partial charge < -0.3 is 4.74 Å². The molecular formula is C20H17BrN2O. The number of benzene rings is 3. The van der Waals surface area contributed by atoms with Crippen molar-refractivity contribution in [2.75, 3.05) is 5.43 Å². The Hall–Kier alpha value is -2.59. The van der Waals surface area contributed by atoms with E-state index in [4.69, 9.17) is 4.74 Å². The van der Waals surface area contributed by atoms with Gasteiger partial charge in [0.05, 0.1) is 16.4 Å². The molecule has 0 spiro atoms. The molecule has 3 aromatic rings. The molecule has 0 radical (unpaired) electrons. The fourth-order valence-electron chi connectivity index (χ4n) is 2.14. The van der Waals surface area contributed by atoms with Gasteiger partial charge in [0.1, 0.15) is 12.4 Å². The summed E-state index contributed by atoms with van der Waals surface area (Å²) >= 11 is 3.55. The first-order valence-electron chi connectivity index (χ1n) is 7.62. The average molecular weight is 381 g/mol. The van der Waals surface area contributed by atoms with Gasteiger partial charge in [-0.25, -0.2) is 0 Å². The fourth-order valence-corrected chi connectivity index (χ4v) is 2.65. The maximum Gasteiger partial charge on any atom is 0.134 e. The lowest BCUT2D eigenvalue weighted by molar-refractivity contribution is 0.304.